The van der Waals surface area contributed by atoms with Gasteiger partial charge in [0.25, 0.3) is 0 Å². The first kappa shape index (κ1) is 22.3. The van der Waals surface area contributed by atoms with Crippen molar-refractivity contribution in [3.63, 3.8) is 0 Å². The van der Waals surface area contributed by atoms with Crippen molar-refractivity contribution in [1.82, 2.24) is 24.5 Å². The third kappa shape index (κ3) is 4.12. The number of fused-ring (bicyclic) bond motifs is 3. The van der Waals surface area contributed by atoms with Crippen molar-refractivity contribution in [1.29, 1.82) is 0 Å². The molecule has 1 aliphatic heterocycles. The molecule has 6 rings (SSSR count). The molecule has 3 heterocycles. The van der Waals surface area contributed by atoms with Crippen LogP contribution in [-0.4, -0.2) is 56.6 Å². The van der Waals surface area contributed by atoms with Crippen molar-refractivity contribution in [2.75, 3.05) is 31.1 Å². The normalized spacial score (nSPS) is 17.4. The summed E-state index contributed by atoms with van der Waals surface area (Å²) in [5.74, 6) is 2.11. The Morgan fingerprint density at radius 2 is 1.83 bits per heavy atom. The number of amides is 1. The summed E-state index contributed by atoms with van der Waals surface area (Å²) in [5.41, 5.74) is 3.73. The number of hydrogen-bond donors (Lipinski definition) is 0. The van der Waals surface area contributed by atoms with Crippen LogP contribution in [-0.2, 0) is 4.79 Å². The van der Waals surface area contributed by atoms with Crippen molar-refractivity contribution < 1.29 is 4.79 Å². The molecule has 1 saturated heterocycles. The number of benzene rings is 2. The third-order valence-corrected chi connectivity index (χ3v) is 7.59. The number of carbonyl (C=O) groups is 1. The first-order chi connectivity index (χ1) is 17.1. The average molecular weight is 489 g/mol. The Balaban J connectivity index is 1.43. The Hall–Kier alpha value is -3.19. The quantitative estimate of drug-likeness (QED) is 0.399. The summed E-state index contributed by atoms with van der Waals surface area (Å²) in [4.78, 5) is 22.5. The Morgan fingerprint density at radius 1 is 0.971 bits per heavy atom. The van der Waals surface area contributed by atoms with Gasteiger partial charge in [0, 0.05) is 48.1 Å². The van der Waals surface area contributed by atoms with E-state index >= 15 is 0 Å². The molecule has 0 unspecified atom stereocenters. The van der Waals surface area contributed by atoms with E-state index < -0.39 is 0 Å². The number of anilines is 1. The second-order valence-corrected chi connectivity index (χ2v) is 10.2. The molecule has 0 N–H and O–H groups in total. The smallest absolute Gasteiger partial charge is 0.225 e. The Bertz CT molecular complexity index is 1410. The monoisotopic (exact) mass is 488 g/mol. The lowest BCUT2D eigenvalue weighted by molar-refractivity contribution is -0.135. The summed E-state index contributed by atoms with van der Waals surface area (Å²) < 4.78 is 2.07. The van der Waals surface area contributed by atoms with Gasteiger partial charge in [0.1, 0.15) is 0 Å². The lowest BCUT2D eigenvalue weighted by Gasteiger charge is -2.25. The average Bonchev–Trinajstić information content (AvgIpc) is 3.49. The van der Waals surface area contributed by atoms with E-state index in [1.807, 2.05) is 24.3 Å². The fourth-order valence-electron chi connectivity index (χ4n) is 5.54. The summed E-state index contributed by atoms with van der Waals surface area (Å²) in [5, 5.41) is 10.8. The molecule has 0 spiro atoms. The molecule has 180 valence electrons. The zero-order chi connectivity index (χ0) is 23.9. The molecule has 4 aromatic rings. The fraction of sp³-hybridized carbons (Fsp3) is 0.407. The van der Waals surface area contributed by atoms with Gasteiger partial charge in [0.2, 0.25) is 11.9 Å². The van der Waals surface area contributed by atoms with E-state index in [0.717, 1.165) is 78.3 Å². The van der Waals surface area contributed by atoms with Crippen LogP contribution in [0, 0.1) is 12.8 Å². The topological polar surface area (TPSA) is 66.6 Å². The number of halogens is 1. The Morgan fingerprint density at radius 3 is 2.66 bits per heavy atom. The van der Waals surface area contributed by atoms with Gasteiger partial charge in [-0.25, -0.2) is 9.38 Å². The van der Waals surface area contributed by atoms with Gasteiger partial charge in [0.05, 0.1) is 5.52 Å². The Kier molecular flexibility index (Phi) is 5.80. The van der Waals surface area contributed by atoms with E-state index in [4.69, 9.17) is 16.6 Å². The first-order valence-electron chi connectivity index (χ1n) is 12.5. The zero-order valence-corrected chi connectivity index (χ0v) is 20.7. The molecular formula is C27H29ClN6O. The van der Waals surface area contributed by atoms with E-state index in [1.54, 1.807) is 0 Å². The standard InChI is InChI=1S/C27H29ClN6O/c1-18-6-4-9-20(16-18)24-30-31-25-22-11-10-21(28)17-23(22)29-27(34(24)25)33-13-5-12-32(14-15-33)26(35)19-7-2-3-8-19/h4,6,9-11,16-17,19H,2-3,5,7-8,12-15H2,1H3. The van der Waals surface area contributed by atoms with Crippen LogP contribution in [0.15, 0.2) is 42.5 Å². The molecule has 2 aliphatic rings. The number of aryl methyl sites for hydroxylation is 1. The lowest BCUT2D eigenvalue weighted by atomic mass is 10.1. The molecule has 35 heavy (non-hydrogen) atoms. The molecule has 0 bridgehead atoms. The van der Waals surface area contributed by atoms with Crippen LogP contribution in [0.4, 0.5) is 5.95 Å². The molecule has 0 radical (unpaired) electrons. The maximum Gasteiger partial charge on any atom is 0.225 e. The largest absolute Gasteiger partial charge is 0.341 e. The molecule has 2 aromatic carbocycles. The van der Waals surface area contributed by atoms with Gasteiger partial charge in [-0.05, 0) is 50.5 Å². The van der Waals surface area contributed by atoms with E-state index in [0.29, 0.717) is 17.5 Å². The van der Waals surface area contributed by atoms with Gasteiger partial charge in [-0.1, -0.05) is 48.2 Å². The van der Waals surface area contributed by atoms with Crippen molar-refractivity contribution in [3.05, 3.63) is 53.1 Å². The van der Waals surface area contributed by atoms with Crippen LogP contribution in [0.1, 0.15) is 37.7 Å². The highest BCUT2D eigenvalue weighted by molar-refractivity contribution is 6.31. The molecule has 7 nitrogen and oxygen atoms in total. The van der Waals surface area contributed by atoms with Crippen molar-refractivity contribution >= 4 is 40.0 Å². The summed E-state index contributed by atoms with van der Waals surface area (Å²) in [6, 6.07) is 14.0. The van der Waals surface area contributed by atoms with Crippen LogP contribution in [0.2, 0.25) is 5.02 Å². The minimum atomic E-state index is 0.208. The number of nitrogens with zero attached hydrogens (tertiary/aromatic N) is 6. The SMILES string of the molecule is Cc1cccc(-c2nnc3c4ccc(Cl)cc4nc(N4CCCN(C(=O)C5CCCC5)CC4)n23)c1. The molecular weight excluding hydrogens is 460 g/mol. The minimum absolute atomic E-state index is 0.208. The molecule has 1 amide bonds. The lowest BCUT2D eigenvalue weighted by Crippen LogP contribution is -2.38. The summed E-state index contributed by atoms with van der Waals surface area (Å²) in [7, 11) is 0. The van der Waals surface area contributed by atoms with Crippen LogP contribution in [0.25, 0.3) is 27.9 Å². The Labute approximate surface area is 209 Å². The molecule has 8 heteroatoms. The van der Waals surface area contributed by atoms with Gasteiger partial charge in [-0.2, -0.15) is 0 Å². The third-order valence-electron chi connectivity index (χ3n) is 7.36. The van der Waals surface area contributed by atoms with Crippen LogP contribution < -0.4 is 4.90 Å². The van der Waals surface area contributed by atoms with Gasteiger partial charge in [-0.15, -0.1) is 10.2 Å². The maximum atomic E-state index is 13.1. The van der Waals surface area contributed by atoms with Crippen molar-refractivity contribution in [2.24, 2.45) is 5.92 Å². The summed E-state index contributed by atoms with van der Waals surface area (Å²) >= 11 is 6.33. The number of carbonyl (C=O) groups excluding carboxylic acids is 1. The molecule has 1 saturated carbocycles. The van der Waals surface area contributed by atoms with Crippen LogP contribution in [0.3, 0.4) is 0 Å². The predicted octanol–water partition coefficient (Wildman–Crippen LogP) is 5.14. The molecule has 0 atom stereocenters. The predicted molar refractivity (Wildman–Crippen MR) is 139 cm³/mol. The van der Waals surface area contributed by atoms with Crippen LogP contribution >= 0.6 is 11.6 Å². The van der Waals surface area contributed by atoms with E-state index in [1.165, 1.54) is 12.8 Å². The van der Waals surface area contributed by atoms with Crippen LogP contribution in [0.5, 0.6) is 0 Å². The van der Waals surface area contributed by atoms with E-state index in [9.17, 15) is 4.79 Å². The van der Waals surface area contributed by atoms with Gasteiger partial charge >= 0.3 is 0 Å². The van der Waals surface area contributed by atoms with Gasteiger partial charge in [0.15, 0.2) is 11.5 Å². The summed E-state index contributed by atoms with van der Waals surface area (Å²) in [6.07, 6.45) is 5.32. The zero-order valence-electron chi connectivity index (χ0n) is 20.0. The van der Waals surface area contributed by atoms with E-state index in [2.05, 4.69) is 49.5 Å². The van der Waals surface area contributed by atoms with E-state index in [-0.39, 0.29) is 5.92 Å². The second-order valence-electron chi connectivity index (χ2n) is 9.77. The van der Waals surface area contributed by atoms with Crippen molar-refractivity contribution in [2.45, 2.75) is 39.0 Å². The molecule has 2 fully saturated rings. The number of hydrogen-bond acceptors (Lipinski definition) is 5. The molecule has 1 aliphatic carbocycles. The second kappa shape index (κ2) is 9.11. The van der Waals surface area contributed by atoms with Crippen molar-refractivity contribution in [3.8, 4) is 11.4 Å². The highest BCUT2D eigenvalue weighted by Gasteiger charge is 2.29. The highest BCUT2D eigenvalue weighted by Crippen LogP contribution is 2.31. The molecule has 2 aromatic heterocycles. The first-order valence-corrected chi connectivity index (χ1v) is 12.9. The fourth-order valence-corrected chi connectivity index (χ4v) is 5.71. The number of rotatable bonds is 3. The maximum absolute atomic E-state index is 13.1. The highest BCUT2D eigenvalue weighted by atomic mass is 35.5. The van der Waals surface area contributed by atoms with Gasteiger partial charge < -0.3 is 9.80 Å². The minimum Gasteiger partial charge on any atom is -0.341 e. The number of aromatic nitrogens is 4. The summed E-state index contributed by atoms with van der Waals surface area (Å²) in [6.45, 7) is 5.11. The van der Waals surface area contributed by atoms with Gasteiger partial charge in [-0.3, -0.25) is 4.79 Å².